The molecule has 2 aliphatic rings. The molecule has 6 nitrogen and oxygen atoms in total. The minimum atomic E-state index is -3.77. The predicted octanol–water partition coefficient (Wildman–Crippen LogP) is 4.43. The summed E-state index contributed by atoms with van der Waals surface area (Å²) < 4.78 is 56.0. The SMILES string of the molecule is CC(COc1ccc(S(C)(=O)=O)c(C(F)F)c1)N1CCC2(CC1)C(=O)Nc1ccc(Cl)cc12. The second-order valence-corrected chi connectivity index (χ2v) is 11.1. The summed E-state index contributed by atoms with van der Waals surface area (Å²) in [5, 5.41) is 3.56. The summed E-state index contributed by atoms with van der Waals surface area (Å²) in [7, 11) is -3.77. The number of rotatable bonds is 6. The Morgan fingerprint density at radius 3 is 2.52 bits per heavy atom. The van der Waals surface area contributed by atoms with Gasteiger partial charge in [-0.1, -0.05) is 11.6 Å². The third-order valence-electron chi connectivity index (χ3n) is 6.56. The van der Waals surface area contributed by atoms with Crippen molar-refractivity contribution in [1.82, 2.24) is 4.90 Å². The van der Waals surface area contributed by atoms with Crippen LogP contribution in [0.3, 0.4) is 0 Å². The van der Waals surface area contributed by atoms with Gasteiger partial charge < -0.3 is 10.1 Å². The number of carbonyl (C=O) groups excluding carboxylic acids is 1. The maximum absolute atomic E-state index is 13.4. The number of nitrogens with zero attached hydrogens (tertiary/aromatic N) is 1. The molecule has 2 aromatic rings. The minimum absolute atomic E-state index is 0.00573. The van der Waals surface area contributed by atoms with Crippen LogP contribution in [0.5, 0.6) is 5.75 Å². The maximum atomic E-state index is 13.4. The molecule has 2 aliphatic heterocycles. The zero-order valence-corrected chi connectivity index (χ0v) is 19.8. The molecule has 1 N–H and O–H groups in total. The summed E-state index contributed by atoms with van der Waals surface area (Å²) in [6.07, 6.45) is -0.760. The third kappa shape index (κ3) is 4.58. The Balaban J connectivity index is 1.41. The number of halogens is 3. The van der Waals surface area contributed by atoms with Crippen LogP contribution < -0.4 is 10.1 Å². The van der Waals surface area contributed by atoms with E-state index in [0.717, 1.165) is 29.6 Å². The number of piperidine rings is 1. The van der Waals surface area contributed by atoms with Crippen LogP contribution in [-0.4, -0.2) is 51.2 Å². The van der Waals surface area contributed by atoms with Gasteiger partial charge >= 0.3 is 0 Å². The molecule has 1 amide bonds. The number of benzene rings is 2. The normalized spacial score (nSPS) is 18.9. The molecular formula is C23H25ClF2N2O4S. The fourth-order valence-electron chi connectivity index (χ4n) is 4.68. The molecule has 1 unspecified atom stereocenters. The molecule has 4 rings (SSSR count). The minimum Gasteiger partial charge on any atom is -0.492 e. The van der Waals surface area contributed by atoms with E-state index in [9.17, 15) is 22.0 Å². The van der Waals surface area contributed by atoms with Crippen molar-refractivity contribution in [2.24, 2.45) is 0 Å². The number of likely N-dealkylation sites (tertiary alicyclic amines) is 1. The van der Waals surface area contributed by atoms with Gasteiger partial charge in [0.25, 0.3) is 6.43 Å². The van der Waals surface area contributed by atoms with E-state index >= 15 is 0 Å². The quantitative estimate of drug-likeness (QED) is 0.637. The highest BCUT2D eigenvalue weighted by Crippen LogP contribution is 2.46. The van der Waals surface area contributed by atoms with Crippen LogP contribution >= 0.6 is 11.6 Å². The summed E-state index contributed by atoms with van der Waals surface area (Å²) in [5.74, 6) is 0.186. The lowest BCUT2D eigenvalue weighted by atomic mass is 9.73. The van der Waals surface area contributed by atoms with Crippen molar-refractivity contribution < 1.29 is 26.7 Å². The largest absolute Gasteiger partial charge is 0.492 e. The van der Waals surface area contributed by atoms with Crippen molar-refractivity contribution in [1.29, 1.82) is 0 Å². The fourth-order valence-corrected chi connectivity index (χ4v) is 5.74. The Morgan fingerprint density at radius 2 is 1.88 bits per heavy atom. The second kappa shape index (κ2) is 8.85. The van der Waals surface area contributed by atoms with E-state index in [4.69, 9.17) is 16.3 Å². The Hall–Kier alpha value is -2.23. The summed E-state index contributed by atoms with van der Waals surface area (Å²) in [6.45, 7) is 3.54. The van der Waals surface area contributed by atoms with Crippen molar-refractivity contribution in [2.75, 3.05) is 31.3 Å². The highest BCUT2D eigenvalue weighted by Gasteiger charge is 2.48. The van der Waals surface area contributed by atoms with Crippen molar-refractivity contribution in [3.05, 3.63) is 52.5 Å². The van der Waals surface area contributed by atoms with Gasteiger partial charge in [-0.15, -0.1) is 0 Å². The molecule has 0 radical (unpaired) electrons. The lowest BCUT2D eigenvalue weighted by Crippen LogP contribution is -2.50. The topological polar surface area (TPSA) is 75.7 Å². The van der Waals surface area contributed by atoms with Gasteiger partial charge in [-0.2, -0.15) is 0 Å². The molecule has 0 saturated carbocycles. The Kier molecular flexibility index (Phi) is 6.41. The molecule has 1 saturated heterocycles. The number of sulfone groups is 1. The van der Waals surface area contributed by atoms with Gasteiger partial charge in [0.15, 0.2) is 9.84 Å². The van der Waals surface area contributed by atoms with Gasteiger partial charge in [-0.3, -0.25) is 9.69 Å². The predicted molar refractivity (Wildman–Crippen MR) is 122 cm³/mol. The molecule has 0 aromatic heterocycles. The van der Waals surface area contributed by atoms with Gasteiger partial charge in [0.2, 0.25) is 5.91 Å². The molecular weight excluding hydrogens is 474 g/mol. The van der Waals surface area contributed by atoms with Crippen LogP contribution in [0.1, 0.15) is 37.3 Å². The average Bonchev–Trinajstić information content (AvgIpc) is 3.02. The smallest absolute Gasteiger partial charge is 0.265 e. The summed E-state index contributed by atoms with van der Waals surface area (Å²) in [6, 6.07) is 9.05. The maximum Gasteiger partial charge on any atom is 0.265 e. The Labute approximate surface area is 196 Å². The number of alkyl halides is 2. The fraction of sp³-hybridized carbons (Fsp3) is 0.435. The lowest BCUT2D eigenvalue weighted by Gasteiger charge is -2.40. The van der Waals surface area contributed by atoms with E-state index in [1.54, 1.807) is 6.07 Å². The highest BCUT2D eigenvalue weighted by atomic mass is 35.5. The Morgan fingerprint density at radius 1 is 1.18 bits per heavy atom. The van der Waals surface area contributed by atoms with Crippen LogP contribution in [0.15, 0.2) is 41.3 Å². The van der Waals surface area contributed by atoms with Crippen molar-refractivity contribution in [2.45, 2.75) is 42.5 Å². The number of carbonyl (C=O) groups is 1. The van der Waals surface area contributed by atoms with E-state index in [1.165, 1.54) is 6.07 Å². The molecule has 2 heterocycles. The molecule has 33 heavy (non-hydrogen) atoms. The monoisotopic (exact) mass is 498 g/mol. The molecule has 10 heteroatoms. The number of fused-ring (bicyclic) bond motifs is 2. The lowest BCUT2D eigenvalue weighted by molar-refractivity contribution is -0.122. The molecule has 2 aromatic carbocycles. The first kappa shape index (κ1) is 23.9. The van der Waals surface area contributed by atoms with Gasteiger partial charge in [0.1, 0.15) is 12.4 Å². The van der Waals surface area contributed by atoms with Crippen LogP contribution in [0.25, 0.3) is 0 Å². The van der Waals surface area contributed by atoms with E-state index < -0.39 is 32.1 Å². The van der Waals surface area contributed by atoms with Crippen LogP contribution in [-0.2, 0) is 20.0 Å². The van der Waals surface area contributed by atoms with E-state index in [0.29, 0.717) is 31.0 Å². The van der Waals surface area contributed by atoms with Crippen LogP contribution in [0, 0.1) is 0 Å². The molecule has 0 bridgehead atoms. The average molecular weight is 499 g/mol. The molecule has 178 valence electrons. The number of hydrogen-bond acceptors (Lipinski definition) is 5. The van der Waals surface area contributed by atoms with Crippen LogP contribution in [0.2, 0.25) is 5.02 Å². The number of anilines is 1. The van der Waals surface area contributed by atoms with E-state index in [1.807, 2.05) is 19.1 Å². The summed E-state index contributed by atoms with van der Waals surface area (Å²) in [5.41, 5.74) is 0.591. The first-order valence-electron chi connectivity index (χ1n) is 10.6. The van der Waals surface area contributed by atoms with E-state index in [-0.39, 0.29) is 24.3 Å². The van der Waals surface area contributed by atoms with Gasteiger partial charge in [-0.25, -0.2) is 17.2 Å². The molecule has 1 atom stereocenters. The van der Waals surface area contributed by atoms with Crippen molar-refractivity contribution in [3.8, 4) is 5.75 Å². The molecule has 1 fully saturated rings. The molecule has 0 aliphatic carbocycles. The molecule has 1 spiro atoms. The number of hydrogen-bond donors (Lipinski definition) is 1. The second-order valence-electron chi connectivity index (χ2n) is 8.69. The highest BCUT2D eigenvalue weighted by molar-refractivity contribution is 7.90. The summed E-state index contributed by atoms with van der Waals surface area (Å²) >= 11 is 6.17. The summed E-state index contributed by atoms with van der Waals surface area (Å²) in [4.78, 5) is 14.6. The number of ether oxygens (including phenoxy) is 1. The standard InChI is InChI=1S/C23H25ClF2N2O4S/c1-14(13-32-16-4-6-20(33(2,30)31)17(12-16)21(25)26)28-9-7-23(8-10-28)18-11-15(24)3-5-19(18)27-22(23)29/h3-6,11-12,14,21H,7-10,13H2,1-2H3,(H,27,29). The van der Waals surface area contributed by atoms with Gasteiger partial charge in [0, 0.05) is 28.6 Å². The third-order valence-corrected chi connectivity index (χ3v) is 7.97. The van der Waals surface area contributed by atoms with Crippen molar-refractivity contribution >= 4 is 33.0 Å². The van der Waals surface area contributed by atoms with Crippen molar-refractivity contribution in [3.63, 3.8) is 0 Å². The number of amides is 1. The first-order chi connectivity index (χ1) is 15.5. The van der Waals surface area contributed by atoms with Crippen LogP contribution in [0.4, 0.5) is 14.5 Å². The van der Waals surface area contributed by atoms with E-state index in [2.05, 4.69) is 10.2 Å². The first-order valence-corrected chi connectivity index (χ1v) is 12.9. The van der Waals surface area contributed by atoms with Gasteiger partial charge in [0.05, 0.1) is 10.3 Å². The van der Waals surface area contributed by atoms with Gasteiger partial charge in [-0.05, 0) is 74.8 Å². The zero-order valence-electron chi connectivity index (χ0n) is 18.3. The Bertz CT molecular complexity index is 1180. The zero-order chi connectivity index (χ0) is 24.0. The number of nitrogens with one attached hydrogen (secondary N) is 1.